The van der Waals surface area contributed by atoms with Crippen LogP contribution in [0.5, 0.6) is 0 Å². The van der Waals surface area contributed by atoms with Gasteiger partial charge in [-0.25, -0.2) is 4.99 Å². The van der Waals surface area contributed by atoms with Gasteiger partial charge in [0.05, 0.1) is 6.15 Å². The fourth-order valence-corrected chi connectivity index (χ4v) is 5.23. The molecule has 3 aromatic rings. The van der Waals surface area contributed by atoms with Gasteiger partial charge in [-0.3, -0.25) is 0 Å². The Hall–Kier alpha value is -3.54. The van der Waals surface area contributed by atoms with Crippen molar-refractivity contribution in [3.63, 3.8) is 0 Å². The summed E-state index contributed by atoms with van der Waals surface area (Å²) in [5.74, 6) is 1.56. The maximum atomic E-state index is 4.56. The minimum atomic E-state index is -0.913. The molecule has 0 bridgehead atoms. The van der Waals surface area contributed by atoms with E-state index in [1.807, 2.05) is 51.8 Å². The number of benzene rings is 3. The lowest BCUT2D eigenvalue weighted by Crippen LogP contribution is -2.66. The molecule has 3 aromatic carbocycles. The summed E-state index contributed by atoms with van der Waals surface area (Å²) in [6, 6.07) is 33.7. The minimum Gasteiger partial charge on any atom is -0.352 e. The Morgan fingerprint density at radius 1 is 0.700 bits per heavy atom. The molecule has 0 fully saturated rings. The third-order valence-corrected chi connectivity index (χ3v) is 6.90. The largest absolute Gasteiger partial charge is 0.352 e. The van der Waals surface area contributed by atoms with Gasteiger partial charge >= 0.3 is 0 Å². The van der Waals surface area contributed by atoms with Crippen molar-refractivity contribution in [3.05, 3.63) is 91.0 Å². The number of hydrogen-bond acceptors (Lipinski definition) is 1. The molecule has 0 aliphatic carbocycles. The lowest BCUT2D eigenvalue weighted by Gasteiger charge is -2.43. The van der Waals surface area contributed by atoms with Gasteiger partial charge < -0.3 is 15.1 Å². The molecule has 0 heterocycles. The Kier molecular flexibility index (Phi) is 13.5. The van der Waals surface area contributed by atoms with Crippen LogP contribution in [-0.2, 0) is 0 Å². The van der Waals surface area contributed by atoms with E-state index in [9.17, 15) is 0 Å². The van der Waals surface area contributed by atoms with Crippen LogP contribution in [-0.4, -0.2) is 68.1 Å². The molecule has 0 saturated carbocycles. The zero-order valence-corrected chi connectivity index (χ0v) is 26.3. The summed E-state index contributed by atoms with van der Waals surface area (Å²) in [7, 11) is 7.89. The topological polar surface area (TPSA) is 43.2 Å². The quantitative estimate of drug-likeness (QED) is 0.243. The van der Waals surface area contributed by atoms with Gasteiger partial charge in [0.15, 0.2) is 0 Å². The predicted octanol–water partition coefficient (Wildman–Crippen LogP) is 5.18. The highest BCUT2D eigenvalue weighted by atomic mass is 15.4. The van der Waals surface area contributed by atoms with Crippen molar-refractivity contribution in [3.8, 4) is 0 Å². The van der Waals surface area contributed by atoms with Gasteiger partial charge in [-0.05, 0) is 27.7 Å². The first kappa shape index (κ1) is 32.7. The van der Waals surface area contributed by atoms with Gasteiger partial charge in [-0.15, -0.1) is 0 Å². The van der Waals surface area contributed by atoms with E-state index in [-0.39, 0.29) is 6.04 Å². The first-order valence-electron chi connectivity index (χ1n) is 14.7. The van der Waals surface area contributed by atoms with Crippen molar-refractivity contribution in [2.24, 2.45) is 9.98 Å². The van der Waals surface area contributed by atoms with Crippen LogP contribution in [0.15, 0.2) is 101 Å². The van der Waals surface area contributed by atoms with Crippen LogP contribution in [0.25, 0.3) is 0 Å². The number of hydrogen-bond donors (Lipinski definition) is 1. The standard InChI is InChI=1S/C22H24B.C12H27N5/c1-2-3-19-23(20-13-7-4-8-14-20,21-15-9-5-10-16-21)22-17-11-6-12-18-22;1-9(2)13-11(14-10(3)4)15-12(16(5)6)17(7)8/h4-18H,2-3,19H2,1H3;9-10H,1-8H3,(H,13,14)/q-1;. The highest BCUT2D eigenvalue weighted by Crippen LogP contribution is 2.16. The summed E-state index contributed by atoms with van der Waals surface area (Å²) >= 11 is 0. The second kappa shape index (κ2) is 16.5. The average Bonchev–Trinajstić information content (AvgIpc) is 2.93. The molecule has 0 aliphatic heterocycles. The second-order valence-corrected chi connectivity index (χ2v) is 11.5. The van der Waals surface area contributed by atoms with E-state index in [2.05, 4.69) is 127 Å². The first-order valence-corrected chi connectivity index (χ1v) is 14.7. The molecule has 0 atom stereocenters. The first-order chi connectivity index (χ1) is 19.1. The number of guanidine groups is 2. The number of unbranched alkanes of at least 4 members (excludes halogenated alkanes) is 1. The molecule has 0 aliphatic rings. The van der Waals surface area contributed by atoms with Gasteiger partial charge in [0, 0.05) is 40.3 Å². The molecular weight excluding hydrogens is 489 g/mol. The summed E-state index contributed by atoms with van der Waals surface area (Å²) in [6.45, 7) is 10.5. The maximum absolute atomic E-state index is 4.56. The zero-order chi connectivity index (χ0) is 29.5. The Balaban J connectivity index is 0.000000296. The summed E-state index contributed by atoms with van der Waals surface area (Å²) in [4.78, 5) is 13.0. The van der Waals surface area contributed by atoms with E-state index in [4.69, 9.17) is 0 Å². The van der Waals surface area contributed by atoms with Crippen molar-refractivity contribution < 1.29 is 0 Å². The van der Waals surface area contributed by atoms with Crippen LogP contribution in [0, 0.1) is 0 Å². The molecule has 0 spiro atoms. The van der Waals surface area contributed by atoms with Crippen LogP contribution >= 0.6 is 0 Å². The van der Waals surface area contributed by atoms with Gasteiger partial charge in [-0.1, -0.05) is 111 Å². The van der Waals surface area contributed by atoms with Gasteiger partial charge in [0.25, 0.3) is 0 Å². The van der Waals surface area contributed by atoms with E-state index < -0.39 is 6.15 Å². The van der Waals surface area contributed by atoms with Gasteiger partial charge in [0.1, 0.15) is 0 Å². The Morgan fingerprint density at radius 3 is 1.40 bits per heavy atom. The van der Waals surface area contributed by atoms with E-state index in [0.717, 1.165) is 5.96 Å². The van der Waals surface area contributed by atoms with E-state index >= 15 is 0 Å². The lowest BCUT2D eigenvalue weighted by atomic mass is 9.14. The van der Waals surface area contributed by atoms with Crippen LogP contribution < -0.4 is 21.7 Å². The fraction of sp³-hybridized carbons (Fsp3) is 0.412. The van der Waals surface area contributed by atoms with Crippen LogP contribution in [0.4, 0.5) is 0 Å². The Morgan fingerprint density at radius 2 is 1.10 bits per heavy atom. The SMILES string of the molecule is CC(C)N=C(N=C(N(C)C)N(C)C)NC(C)C.CCCC[B-](c1ccccc1)(c1ccccc1)c1ccccc1. The van der Waals surface area contributed by atoms with Crippen molar-refractivity contribution in [2.75, 3.05) is 28.2 Å². The minimum absolute atomic E-state index is 0.227. The lowest BCUT2D eigenvalue weighted by molar-refractivity contribution is 0.484. The summed E-state index contributed by atoms with van der Waals surface area (Å²) in [6.07, 6.45) is 2.73. The molecule has 0 aromatic heterocycles. The van der Waals surface area contributed by atoms with E-state index in [0.29, 0.717) is 12.0 Å². The molecule has 0 unspecified atom stereocenters. The molecule has 1 N–H and O–H groups in total. The highest BCUT2D eigenvalue weighted by Gasteiger charge is 2.28. The molecule has 6 heteroatoms. The normalized spacial score (nSPS) is 11.5. The number of aliphatic imine (C=N–C) groups is 2. The van der Waals surface area contributed by atoms with E-state index in [1.165, 1.54) is 35.6 Å². The van der Waals surface area contributed by atoms with Crippen LogP contribution in [0.1, 0.15) is 47.5 Å². The Labute approximate surface area is 244 Å². The molecule has 40 heavy (non-hydrogen) atoms. The maximum Gasteiger partial charge on any atom is 0.221 e. The summed E-state index contributed by atoms with van der Waals surface area (Å²) < 4.78 is 0. The highest BCUT2D eigenvalue weighted by molar-refractivity contribution is 7.11. The third kappa shape index (κ3) is 9.58. The molecule has 216 valence electrons. The summed E-state index contributed by atoms with van der Waals surface area (Å²) in [5, 5.41) is 3.26. The van der Waals surface area contributed by atoms with Crippen molar-refractivity contribution >= 4 is 34.5 Å². The Bertz CT molecular complexity index is 1050. The average molecular weight is 541 g/mol. The van der Waals surface area contributed by atoms with Gasteiger partial charge in [-0.2, -0.15) is 27.7 Å². The predicted molar refractivity (Wildman–Crippen MR) is 179 cm³/mol. The van der Waals surface area contributed by atoms with Crippen LogP contribution in [0.3, 0.4) is 0 Å². The molecule has 0 radical (unpaired) electrons. The molecule has 0 saturated heterocycles. The number of nitrogens with one attached hydrogen (secondary N) is 1. The number of nitrogens with zero attached hydrogens (tertiary/aromatic N) is 4. The fourth-order valence-electron chi connectivity index (χ4n) is 5.23. The second-order valence-electron chi connectivity index (χ2n) is 11.5. The third-order valence-electron chi connectivity index (χ3n) is 6.90. The smallest absolute Gasteiger partial charge is 0.221 e. The molecule has 3 rings (SSSR count). The van der Waals surface area contributed by atoms with E-state index in [1.54, 1.807) is 0 Å². The molecule has 5 nitrogen and oxygen atoms in total. The van der Waals surface area contributed by atoms with Gasteiger partial charge in [0.2, 0.25) is 11.9 Å². The van der Waals surface area contributed by atoms with Crippen molar-refractivity contribution in [1.82, 2.24) is 15.1 Å². The van der Waals surface area contributed by atoms with Crippen molar-refractivity contribution in [1.29, 1.82) is 0 Å². The molecule has 0 amide bonds. The molecular formula is C34H51BN5-. The zero-order valence-electron chi connectivity index (χ0n) is 26.3. The number of rotatable bonds is 8. The van der Waals surface area contributed by atoms with Crippen LogP contribution in [0.2, 0.25) is 6.32 Å². The van der Waals surface area contributed by atoms with Crippen molar-refractivity contribution in [2.45, 2.75) is 65.9 Å². The summed E-state index contributed by atoms with van der Waals surface area (Å²) in [5.41, 5.74) is 4.33. The monoisotopic (exact) mass is 540 g/mol.